The molecule has 0 heterocycles. The van der Waals surface area contributed by atoms with Crippen molar-refractivity contribution >= 4 is 0 Å². The van der Waals surface area contributed by atoms with Crippen molar-refractivity contribution in [1.29, 1.82) is 0 Å². The van der Waals surface area contributed by atoms with Crippen LogP contribution in [0.2, 0.25) is 0 Å². The summed E-state index contributed by atoms with van der Waals surface area (Å²) in [5.74, 6) is 0.894. The van der Waals surface area contributed by atoms with Crippen LogP contribution in [-0.4, -0.2) is 0 Å². The van der Waals surface area contributed by atoms with E-state index in [1.807, 2.05) is 0 Å². The van der Waals surface area contributed by atoms with Gasteiger partial charge in [0.25, 0.3) is 0 Å². The highest BCUT2D eigenvalue weighted by Gasteiger charge is 2.21. The van der Waals surface area contributed by atoms with Crippen LogP contribution < -0.4 is 0 Å². The second-order valence-electron chi connectivity index (χ2n) is 9.84. The lowest BCUT2D eigenvalue weighted by atomic mass is 9.76. The van der Waals surface area contributed by atoms with Crippen molar-refractivity contribution in [2.24, 2.45) is 11.3 Å². The average molecular weight is 367 g/mol. The molecule has 0 saturated carbocycles. The van der Waals surface area contributed by atoms with Gasteiger partial charge in [-0.2, -0.15) is 0 Å². The first kappa shape index (κ1) is 26.0. The maximum absolute atomic E-state index is 2.57. The molecule has 0 saturated heterocycles. The SMILES string of the molecule is CCCCCCC(C)(CCC)CCCCCCCCCCCCC(C)C. The molecule has 0 radical (unpaired) electrons. The smallest absolute Gasteiger partial charge is 0.0326 e. The third-order valence-corrected chi connectivity index (χ3v) is 6.30. The maximum Gasteiger partial charge on any atom is -0.0326 e. The van der Waals surface area contributed by atoms with Crippen LogP contribution in [0, 0.1) is 11.3 Å². The van der Waals surface area contributed by atoms with Gasteiger partial charge in [0.05, 0.1) is 0 Å². The number of hydrogen-bond acceptors (Lipinski definition) is 0. The zero-order chi connectivity index (χ0) is 19.5. The molecular weight excluding hydrogens is 312 g/mol. The third kappa shape index (κ3) is 17.4. The van der Waals surface area contributed by atoms with E-state index in [4.69, 9.17) is 0 Å². The van der Waals surface area contributed by atoms with Crippen molar-refractivity contribution in [3.05, 3.63) is 0 Å². The Morgan fingerprint density at radius 1 is 0.500 bits per heavy atom. The lowest BCUT2D eigenvalue weighted by molar-refractivity contribution is 0.228. The highest BCUT2D eigenvalue weighted by atomic mass is 14.3. The third-order valence-electron chi connectivity index (χ3n) is 6.30. The first-order valence-electron chi connectivity index (χ1n) is 12.5. The van der Waals surface area contributed by atoms with Crippen LogP contribution in [0.3, 0.4) is 0 Å². The van der Waals surface area contributed by atoms with Gasteiger partial charge >= 0.3 is 0 Å². The van der Waals surface area contributed by atoms with E-state index in [0.29, 0.717) is 5.41 Å². The molecule has 0 heteroatoms. The Balaban J connectivity index is 3.51. The van der Waals surface area contributed by atoms with Gasteiger partial charge in [-0.25, -0.2) is 0 Å². The van der Waals surface area contributed by atoms with Crippen LogP contribution in [0.5, 0.6) is 0 Å². The fourth-order valence-corrected chi connectivity index (χ4v) is 4.48. The molecule has 0 aliphatic carbocycles. The van der Waals surface area contributed by atoms with Gasteiger partial charge in [0.2, 0.25) is 0 Å². The lowest BCUT2D eigenvalue weighted by Crippen LogP contribution is -2.16. The monoisotopic (exact) mass is 366 g/mol. The Kier molecular flexibility index (Phi) is 18.4. The Labute approximate surface area is 168 Å². The molecule has 0 aliphatic rings. The van der Waals surface area contributed by atoms with Gasteiger partial charge in [-0.05, 0) is 30.6 Å². The van der Waals surface area contributed by atoms with Gasteiger partial charge in [-0.15, -0.1) is 0 Å². The molecule has 0 spiro atoms. The fourth-order valence-electron chi connectivity index (χ4n) is 4.48. The van der Waals surface area contributed by atoms with Gasteiger partial charge in [0, 0.05) is 0 Å². The Morgan fingerprint density at radius 3 is 1.35 bits per heavy atom. The van der Waals surface area contributed by atoms with Crippen LogP contribution in [0.25, 0.3) is 0 Å². The molecule has 0 amide bonds. The number of rotatable bonds is 20. The summed E-state index contributed by atoms with van der Waals surface area (Å²) in [6.45, 7) is 11.9. The van der Waals surface area contributed by atoms with Crippen LogP contribution in [0.1, 0.15) is 157 Å². The van der Waals surface area contributed by atoms with E-state index in [0.717, 1.165) is 5.92 Å². The Hall–Kier alpha value is 0. The molecule has 0 fully saturated rings. The zero-order valence-electron chi connectivity index (χ0n) is 19.5. The average Bonchev–Trinajstić information content (AvgIpc) is 2.60. The fraction of sp³-hybridized carbons (Fsp3) is 1.00. The zero-order valence-corrected chi connectivity index (χ0v) is 19.5. The molecule has 0 N–H and O–H groups in total. The predicted molar refractivity (Wildman–Crippen MR) is 122 cm³/mol. The van der Waals surface area contributed by atoms with Crippen molar-refractivity contribution in [3.8, 4) is 0 Å². The minimum Gasteiger partial charge on any atom is -0.0654 e. The lowest BCUT2D eigenvalue weighted by Gasteiger charge is -2.29. The largest absolute Gasteiger partial charge is 0.0654 e. The summed E-state index contributed by atoms with van der Waals surface area (Å²) in [7, 11) is 0. The Morgan fingerprint density at radius 2 is 0.923 bits per heavy atom. The van der Waals surface area contributed by atoms with Crippen LogP contribution >= 0.6 is 0 Å². The minimum absolute atomic E-state index is 0.637. The first-order chi connectivity index (χ1) is 12.5. The molecule has 0 nitrogen and oxygen atoms in total. The van der Waals surface area contributed by atoms with Crippen molar-refractivity contribution in [1.82, 2.24) is 0 Å². The summed E-state index contributed by atoms with van der Waals surface area (Å²) in [6.07, 6.45) is 27.6. The summed E-state index contributed by atoms with van der Waals surface area (Å²) in [4.78, 5) is 0. The topological polar surface area (TPSA) is 0 Å². The van der Waals surface area contributed by atoms with Crippen LogP contribution in [0.15, 0.2) is 0 Å². The molecule has 158 valence electrons. The highest BCUT2D eigenvalue weighted by molar-refractivity contribution is 4.74. The summed E-state index contributed by atoms with van der Waals surface area (Å²) in [5.41, 5.74) is 0.637. The predicted octanol–water partition coefficient (Wildman–Crippen LogP) is 10.1. The van der Waals surface area contributed by atoms with Gasteiger partial charge in [0.1, 0.15) is 0 Å². The van der Waals surface area contributed by atoms with Gasteiger partial charge < -0.3 is 0 Å². The maximum atomic E-state index is 2.57. The summed E-state index contributed by atoms with van der Waals surface area (Å²) in [6, 6.07) is 0. The molecular formula is C26H54. The van der Waals surface area contributed by atoms with E-state index in [2.05, 4.69) is 34.6 Å². The quantitative estimate of drug-likeness (QED) is 0.188. The normalized spacial score (nSPS) is 14.1. The van der Waals surface area contributed by atoms with Gasteiger partial charge in [-0.3, -0.25) is 0 Å². The second-order valence-corrected chi connectivity index (χ2v) is 9.84. The van der Waals surface area contributed by atoms with Crippen molar-refractivity contribution in [2.75, 3.05) is 0 Å². The van der Waals surface area contributed by atoms with Crippen molar-refractivity contribution in [2.45, 2.75) is 157 Å². The second kappa shape index (κ2) is 18.4. The van der Waals surface area contributed by atoms with E-state index in [1.165, 1.54) is 122 Å². The molecule has 0 aromatic rings. The van der Waals surface area contributed by atoms with E-state index < -0.39 is 0 Å². The van der Waals surface area contributed by atoms with Crippen LogP contribution in [-0.2, 0) is 0 Å². The van der Waals surface area contributed by atoms with Crippen LogP contribution in [0.4, 0.5) is 0 Å². The molecule has 0 aromatic carbocycles. The standard InChI is InChI=1S/C26H54/c1-6-8-9-19-23-26(5,22-7-2)24-20-17-15-13-11-10-12-14-16-18-21-25(3)4/h25H,6-24H2,1-5H3. The molecule has 0 aliphatic heterocycles. The van der Waals surface area contributed by atoms with Gasteiger partial charge in [-0.1, -0.05) is 137 Å². The number of hydrogen-bond donors (Lipinski definition) is 0. The first-order valence-corrected chi connectivity index (χ1v) is 12.5. The molecule has 0 aromatic heterocycles. The minimum atomic E-state index is 0.637. The van der Waals surface area contributed by atoms with Gasteiger partial charge in [0.15, 0.2) is 0 Å². The Bertz CT molecular complexity index is 267. The van der Waals surface area contributed by atoms with E-state index in [1.54, 1.807) is 0 Å². The van der Waals surface area contributed by atoms with Crippen molar-refractivity contribution < 1.29 is 0 Å². The van der Waals surface area contributed by atoms with Crippen molar-refractivity contribution in [3.63, 3.8) is 0 Å². The number of unbranched alkanes of at least 4 members (excludes halogenated alkanes) is 12. The summed E-state index contributed by atoms with van der Waals surface area (Å²) >= 11 is 0. The molecule has 0 bridgehead atoms. The summed E-state index contributed by atoms with van der Waals surface area (Å²) < 4.78 is 0. The molecule has 26 heavy (non-hydrogen) atoms. The summed E-state index contributed by atoms with van der Waals surface area (Å²) in [5, 5.41) is 0. The molecule has 0 rings (SSSR count). The van der Waals surface area contributed by atoms with E-state index >= 15 is 0 Å². The van der Waals surface area contributed by atoms with E-state index in [9.17, 15) is 0 Å². The molecule has 1 atom stereocenters. The highest BCUT2D eigenvalue weighted by Crippen LogP contribution is 2.35. The van der Waals surface area contributed by atoms with E-state index in [-0.39, 0.29) is 0 Å². The molecule has 1 unspecified atom stereocenters.